The van der Waals surface area contributed by atoms with Crippen LogP contribution in [0.3, 0.4) is 0 Å². The van der Waals surface area contributed by atoms with E-state index >= 15 is 0 Å². The summed E-state index contributed by atoms with van der Waals surface area (Å²) in [6, 6.07) is 11.3. The van der Waals surface area contributed by atoms with Crippen molar-refractivity contribution in [1.82, 2.24) is 5.32 Å². The smallest absolute Gasteiger partial charge is 0.131 e. The Hall–Kier alpha value is -1.45. The number of nitrogens with one attached hydrogen (secondary N) is 1. The highest BCUT2D eigenvalue weighted by Gasteiger charge is 2.26. The highest BCUT2D eigenvalue weighted by molar-refractivity contribution is 5.86. The summed E-state index contributed by atoms with van der Waals surface area (Å²) in [5, 5.41) is 5.21. The summed E-state index contributed by atoms with van der Waals surface area (Å²) >= 11 is 0. The second-order valence-electron chi connectivity index (χ2n) is 5.62. The van der Waals surface area contributed by atoms with E-state index in [0.717, 1.165) is 36.9 Å². The number of likely N-dealkylation sites (N-methyl/N-ethyl adjacent to an activating group) is 1. The highest BCUT2D eigenvalue weighted by Crippen LogP contribution is 2.32. The van der Waals surface area contributed by atoms with Gasteiger partial charge in [0.05, 0.1) is 12.1 Å². The van der Waals surface area contributed by atoms with Crippen molar-refractivity contribution in [3.05, 3.63) is 47.8 Å². The summed E-state index contributed by atoms with van der Waals surface area (Å²) < 4.78 is 20.0. The fourth-order valence-electron chi connectivity index (χ4n) is 3.25. The van der Waals surface area contributed by atoms with Crippen molar-refractivity contribution in [2.75, 3.05) is 13.2 Å². The molecule has 21 heavy (non-hydrogen) atoms. The van der Waals surface area contributed by atoms with Crippen LogP contribution in [0.4, 0.5) is 4.39 Å². The molecule has 2 atom stereocenters. The van der Waals surface area contributed by atoms with Crippen LogP contribution in [0, 0.1) is 5.82 Å². The van der Waals surface area contributed by atoms with Gasteiger partial charge in [0, 0.05) is 12.0 Å². The van der Waals surface area contributed by atoms with E-state index in [-0.39, 0.29) is 18.0 Å². The normalized spacial score (nSPS) is 20.6. The van der Waals surface area contributed by atoms with E-state index in [0.29, 0.717) is 5.39 Å². The molecular weight excluding hydrogens is 265 g/mol. The van der Waals surface area contributed by atoms with E-state index in [1.807, 2.05) is 30.3 Å². The molecule has 0 aromatic heterocycles. The van der Waals surface area contributed by atoms with E-state index in [1.54, 1.807) is 6.07 Å². The fourth-order valence-corrected chi connectivity index (χ4v) is 3.25. The Morgan fingerprint density at radius 3 is 2.71 bits per heavy atom. The first-order valence-corrected chi connectivity index (χ1v) is 7.83. The van der Waals surface area contributed by atoms with Crippen molar-refractivity contribution in [3.8, 4) is 0 Å². The number of hydrogen-bond donors (Lipinski definition) is 1. The second-order valence-corrected chi connectivity index (χ2v) is 5.62. The van der Waals surface area contributed by atoms with Gasteiger partial charge in [-0.25, -0.2) is 4.39 Å². The predicted molar refractivity (Wildman–Crippen MR) is 83.9 cm³/mol. The zero-order valence-electron chi connectivity index (χ0n) is 12.4. The van der Waals surface area contributed by atoms with Gasteiger partial charge in [0.25, 0.3) is 0 Å². The van der Waals surface area contributed by atoms with Crippen LogP contribution in [-0.2, 0) is 4.74 Å². The van der Waals surface area contributed by atoms with Crippen molar-refractivity contribution in [2.24, 2.45) is 0 Å². The molecule has 1 fully saturated rings. The lowest BCUT2D eigenvalue weighted by Crippen LogP contribution is -2.36. The Morgan fingerprint density at radius 1 is 1.19 bits per heavy atom. The van der Waals surface area contributed by atoms with Gasteiger partial charge in [0.1, 0.15) is 5.82 Å². The molecule has 0 radical (unpaired) electrons. The number of halogens is 1. The first-order valence-electron chi connectivity index (χ1n) is 7.83. The largest absolute Gasteiger partial charge is 0.376 e. The van der Waals surface area contributed by atoms with E-state index < -0.39 is 0 Å². The van der Waals surface area contributed by atoms with Crippen LogP contribution in [-0.4, -0.2) is 19.3 Å². The minimum Gasteiger partial charge on any atom is -0.376 e. The molecule has 112 valence electrons. The van der Waals surface area contributed by atoms with Crippen LogP contribution in [0.1, 0.15) is 37.8 Å². The molecular formula is C18H22FNO. The Labute approximate surface area is 125 Å². The summed E-state index contributed by atoms with van der Waals surface area (Å²) in [4.78, 5) is 0. The monoisotopic (exact) mass is 287 g/mol. The Bertz CT molecular complexity index is 607. The summed E-state index contributed by atoms with van der Waals surface area (Å²) in [5.41, 5.74) is 1.14. The maximum atomic E-state index is 14.0. The summed E-state index contributed by atoms with van der Waals surface area (Å²) in [6.45, 7) is 3.80. The lowest BCUT2D eigenvalue weighted by atomic mass is 9.91. The molecule has 2 unspecified atom stereocenters. The van der Waals surface area contributed by atoms with Gasteiger partial charge in [0.15, 0.2) is 0 Å². The third-order valence-electron chi connectivity index (χ3n) is 4.25. The van der Waals surface area contributed by atoms with Crippen LogP contribution in [0.25, 0.3) is 10.8 Å². The first-order chi connectivity index (χ1) is 10.3. The van der Waals surface area contributed by atoms with Gasteiger partial charge in [-0.05, 0) is 42.8 Å². The molecule has 2 aromatic rings. The van der Waals surface area contributed by atoms with Gasteiger partial charge in [-0.3, -0.25) is 0 Å². The van der Waals surface area contributed by atoms with Gasteiger partial charge in [-0.15, -0.1) is 0 Å². The third kappa shape index (κ3) is 2.94. The van der Waals surface area contributed by atoms with Gasteiger partial charge in [-0.2, -0.15) is 0 Å². The number of fused-ring (bicyclic) bond motifs is 1. The first kappa shape index (κ1) is 14.5. The van der Waals surface area contributed by atoms with Crippen LogP contribution in [0.5, 0.6) is 0 Å². The van der Waals surface area contributed by atoms with Gasteiger partial charge < -0.3 is 10.1 Å². The molecule has 3 heteroatoms. The summed E-state index contributed by atoms with van der Waals surface area (Å²) in [5.74, 6) is -0.158. The molecule has 0 spiro atoms. The van der Waals surface area contributed by atoms with Crippen LogP contribution < -0.4 is 5.32 Å². The average molecular weight is 287 g/mol. The van der Waals surface area contributed by atoms with E-state index in [9.17, 15) is 4.39 Å². The standard InChI is InChI=1S/C18H22FNO/c1-2-20-18(17-9-5-6-12-21-17)15-10-11-16(19)14-8-4-3-7-13(14)15/h3-4,7-8,10-11,17-18,20H,2,5-6,9,12H2,1H3. The van der Waals surface area contributed by atoms with Crippen molar-refractivity contribution in [3.63, 3.8) is 0 Å². The molecule has 1 saturated heterocycles. The lowest BCUT2D eigenvalue weighted by molar-refractivity contribution is -0.00757. The summed E-state index contributed by atoms with van der Waals surface area (Å²) in [7, 11) is 0. The molecule has 0 aliphatic carbocycles. The predicted octanol–water partition coefficient (Wildman–Crippen LogP) is 4.20. The SMILES string of the molecule is CCNC(c1ccc(F)c2ccccc12)C1CCCCO1. The van der Waals surface area contributed by atoms with Crippen LogP contribution in [0.2, 0.25) is 0 Å². The third-order valence-corrected chi connectivity index (χ3v) is 4.25. The molecule has 2 nitrogen and oxygen atoms in total. The lowest BCUT2D eigenvalue weighted by Gasteiger charge is -2.32. The minimum absolute atomic E-state index is 0.126. The van der Waals surface area contributed by atoms with Gasteiger partial charge in [-0.1, -0.05) is 37.3 Å². The average Bonchev–Trinajstić information content (AvgIpc) is 2.55. The molecule has 2 aromatic carbocycles. The van der Waals surface area contributed by atoms with Crippen LogP contribution >= 0.6 is 0 Å². The fraction of sp³-hybridized carbons (Fsp3) is 0.444. The van der Waals surface area contributed by atoms with Gasteiger partial charge in [0.2, 0.25) is 0 Å². The van der Waals surface area contributed by atoms with E-state index in [2.05, 4.69) is 12.2 Å². The molecule has 1 heterocycles. The minimum atomic E-state index is -0.158. The Balaban J connectivity index is 2.04. The highest BCUT2D eigenvalue weighted by atomic mass is 19.1. The molecule has 1 aliphatic rings. The molecule has 3 rings (SSSR count). The zero-order valence-corrected chi connectivity index (χ0v) is 12.4. The summed E-state index contributed by atoms with van der Waals surface area (Å²) in [6.07, 6.45) is 3.57. The topological polar surface area (TPSA) is 21.3 Å². The molecule has 0 saturated carbocycles. The van der Waals surface area contributed by atoms with Crippen molar-refractivity contribution in [1.29, 1.82) is 0 Å². The molecule has 1 N–H and O–H groups in total. The van der Waals surface area contributed by atoms with Crippen molar-refractivity contribution < 1.29 is 9.13 Å². The molecule has 0 bridgehead atoms. The second kappa shape index (κ2) is 6.54. The molecule has 1 aliphatic heterocycles. The van der Waals surface area contributed by atoms with Crippen LogP contribution in [0.15, 0.2) is 36.4 Å². The zero-order chi connectivity index (χ0) is 14.7. The Morgan fingerprint density at radius 2 is 2.00 bits per heavy atom. The van der Waals surface area contributed by atoms with Crippen molar-refractivity contribution in [2.45, 2.75) is 38.3 Å². The maximum Gasteiger partial charge on any atom is 0.131 e. The maximum absolute atomic E-state index is 14.0. The number of ether oxygens (including phenoxy) is 1. The quantitative estimate of drug-likeness (QED) is 0.910. The van der Waals surface area contributed by atoms with Crippen molar-refractivity contribution >= 4 is 10.8 Å². The number of benzene rings is 2. The van der Waals surface area contributed by atoms with Gasteiger partial charge >= 0.3 is 0 Å². The number of rotatable bonds is 4. The number of hydrogen-bond acceptors (Lipinski definition) is 2. The molecule has 0 amide bonds. The van der Waals surface area contributed by atoms with E-state index in [4.69, 9.17) is 4.74 Å². The van der Waals surface area contributed by atoms with E-state index in [1.165, 1.54) is 6.42 Å². The Kier molecular flexibility index (Phi) is 4.51.